The summed E-state index contributed by atoms with van der Waals surface area (Å²) in [4.78, 5) is 16.2. The zero-order valence-electron chi connectivity index (χ0n) is 11.5. The van der Waals surface area contributed by atoms with Gasteiger partial charge in [-0.3, -0.25) is 4.79 Å². The van der Waals surface area contributed by atoms with Crippen molar-refractivity contribution in [3.8, 4) is 0 Å². The van der Waals surface area contributed by atoms with Crippen LogP contribution in [0.15, 0.2) is 28.8 Å². The summed E-state index contributed by atoms with van der Waals surface area (Å²) < 4.78 is 1.71. The minimum absolute atomic E-state index is 0.0244. The Morgan fingerprint density at radius 3 is 3.16 bits per heavy atom. The fourth-order valence-electron chi connectivity index (χ4n) is 2.22. The molecule has 104 valence electrons. The molecule has 0 aromatic carbocycles. The molecule has 1 aliphatic heterocycles. The van der Waals surface area contributed by atoms with Crippen molar-refractivity contribution in [2.45, 2.75) is 32.7 Å². The lowest BCUT2D eigenvalue weighted by Gasteiger charge is -2.14. The number of hydrogen-bond donors (Lipinski definition) is 2. The Morgan fingerprint density at radius 2 is 2.42 bits per heavy atom. The number of aryl methyl sites for hydroxylation is 1. The molecule has 0 saturated heterocycles. The van der Waals surface area contributed by atoms with Crippen molar-refractivity contribution in [1.29, 1.82) is 0 Å². The first-order valence-corrected chi connectivity index (χ1v) is 6.99. The monoisotopic (exact) mass is 262 g/mol. The zero-order valence-corrected chi connectivity index (χ0v) is 11.5. The van der Waals surface area contributed by atoms with Crippen LogP contribution in [0, 0.1) is 0 Å². The zero-order chi connectivity index (χ0) is 13.5. The van der Waals surface area contributed by atoms with Gasteiger partial charge in [0.1, 0.15) is 0 Å². The van der Waals surface area contributed by atoms with Crippen molar-refractivity contribution in [3.63, 3.8) is 0 Å². The Morgan fingerprint density at radius 1 is 1.53 bits per heavy atom. The van der Waals surface area contributed by atoms with Crippen LogP contribution in [0.4, 0.5) is 5.82 Å². The summed E-state index contributed by atoms with van der Waals surface area (Å²) in [5.41, 5.74) is 1.43. The van der Waals surface area contributed by atoms with Crippen LogP contribution in [0.25, 0.3) is 0 Å². The van der Waals surface area contributed by atoms with Gasteiger partial charge in [0.2, 0.25) is 0 Å². The molecule has 2 N–H and O–H groups in total. The van der Waals surface area contributed by atoms with E-state index in [4.69, 9.17) is 0 Å². The molecule has 1 aromatic heterocycles. The first kappa shape index (κ1) is 13.8. The van der Waals surface area contributed by atoms with E-state index in [2.05, 4.69) is 28.6 Å². The predicted molar refractivity (Wildman–Crippen MR) is 77.5 cm³/mol. The maximum absolute atomic E-state index is 12.1. The quantitative estimate of drug-likeness (QED) is 0.760. The largest absolute Gasteiger partial charge is 0.365 e. The van der Waals surface area contributed by atoms with Crippen molar-refractivity contribution in [2.24, 2.45) is 0 Å². The number of hydrogen-bond acceptors (Lipinski definition) is 4. The fourth-order valence-corrected chi connectivity index (χ4v) is 2.22. The van der Waals surface area contributed by atoms with Crippen molar-refractivity contribution >= 4 is 5.82 Å². The average Bonchev–Trinajstić information content (AvgIpc) is 2.44. The van der Waals surface area contributed by atoms with Crippen molar-refractivity contribution < 1.29 is 0 Å². The van der Waals surface area contributed by atoms with Crippen LogP contribution in [0.3, 0.4) is 0 Å². The van der Waals surface area contributed by atoms with E-state index in [-0.39, 0.29) is 5.56 Å². The molecule has 0 spiro atoms. The number of rotatable bonds is 6. The Labute approximate surface area is 113 Å². The molecule has 0 aliphatic carbocycles. The van der Waals surface area contributed by atoms with Gasteiger partial charge in [-0.05, 0) is 25.8 Å². The van der Waals surface area contributed by atoms with E-state index in [9.17, 15) is 4.79 Å². The molecule has 0 fully saturated rings. The SMILES string of the molecule is CCCn1ccnc(NCCC2=CCNCC2)c1=O. The highest BCUT2D eigenvalue weighted by Crippen LogP contribution is 2.08. The van der Waals surface area contributed by atoms with E-state index in [1.165, 1.54) is 5.57 Å². The molecule has 5 nitrogen and oxygen atoms in total. The highest BCUT2D eigenvalue weighted by Gasteiger charge is 2.05. The second-order valence-electron chi connectivity index (χ2n) is 4.77. The van der Waals surface area contributed by atoms with E-state index in [0.717, 1.165) is 45.4 Å². The molecule has 19 heavy (non-hydrogen) atoms. The van der Waals surface area contributed by atoms with E-state index >= 15 is 0 Å². The van der Waals surface area contributed by atoms with E-state index in [1.807, 2.05) is 0 Å². The molecule has 2 rings (SSSR count). The molecule has 0 atom stereocenters. The molecular formula is C14H22N4O. The first-order valence-electron chi connectivity index (χ1n) is 6.99. The summed E-state index contributed by atoms with van der Waals surface area (Å²) >= 11 is 0. The lowest BCUT2D eigenvalue weighted by Crippen LogP contribution is -2.25. The molecule has 0 amide bonds. The van der Waals surface area contributed by atoms with Gasteiger partial charge >= 0.3 is 0 Å². The molecule has 0 unspecified atom stereocenters. The molecule has 1 aromatic rings. The van der Waals surface area contributed by atoms with Crippen LogP contribution < -0.4 is 16.2 Å². The average molecular weight is 262 g/mol. The van der Waals surface area contributed by atoms with Gasteiger partial charge in [-0.15, -0.1) is 0 Å². The Kier molecular flexibility index (Phi) is 5.15. The van der Waals surface area contributed by atoms with Gasteiger partial charge in [-0.25, -0.2) is 4.98 Å². The molecule has 0 saturated carbocycles. The summed E-state index contributed by atoms with van der Waals surface area (Å²) in [5.74, 6) is 0.463. The Bertz CT molecular complexity index is 492. The number of nitrogens with one attached hydrogen (secondary N) is 2. The number of anilines is 1. The van der Waals surface area contributed by atoms with Crippen molar-refractivity contribution in [3.05, 3.63) is 34.4 Å². The van der Waals surface area contributed by atoms with Gasteiger partial charge in [-0.2, -0.15) is 0 Å². The van der Waals surface area contributed by atoms with E-state index in [1.54, 1.807) is 17.0 Å². The first-order chi connectivity index (χ1) is 9.31. The van der Waals surface area contributed by atoms with Crippen LogP contribution >= 0.6 is 0 Å². The standard InChI is InChI=1S/C14H22N4O/c1-2-10-18-11-9-17-13(14(18)19)16-8-5-12-3-6-15-7-4-12/h3,9,11,15H,2,4-8,10H2,1H3,(H,16,17). The molecule has 0 radical (unpaired) electrons. The number of aromatic nitrogens is 2. The highest BCUT2D eigenvalue weighted by atomic mass is 16.1. The minimum Gasteiger partial charge on any atom is -0.365 e. The molecule has 2 heterocycles. The van der Waals surface area contributed by atoms with Gasteiger partial charge in [0.15, 0.2) is 5.82 Å². The van der Waals surface area contributed by atoms with Crippen LogP contribution in [0.5, 0.6) is 0 Å². The maximum Gasteiger partial charge on any atom is 0.293 e. The second-order valence-corrected chi connectivity index (χ2v) is 4.77. The molecule has 0 bridgehead atoms. The van der Waals surface area contributed by atoms with Gasteiger partial charge < -0.3 is 15.2 Å². The van der Waals surface area contributed by atoms with Crippen LogP contribution in [-0.4, -0.2) is 29.2 Å². The highest BCUT2D eigenvalue weighted by molar-refractivity contribution is 5.31. The third-order valence-corrected chi connectivity index (χ3v) is 3.27. The minimum atomic E-state index is -0.0244. The van der Waals surface area contributed by atoms with Crippen LogP contribution in [0.2, 0.25) is 0 Å². The van der Waals surface area contributed by atoms with Gasteiger partial charge in [0, 0.05) is 32.0 Å². The summed E-state index contributed by atoms with van der Waals surface area (Å²) in [5, 5.41) is 6.44. The van der Waals surface area contributed by atoms with Gasteiger partial charge in [0.05, 0.1) is 0 Å². The number of nitrogens with zero attached hydrogens (tertiary/aromatic N) is 2. The third kappa shape index (κ3) is 3.92. The normalized spacial score (nSPS) is 15.1. The lowest BCUT2D eigenvalue weighted by molar-refractivity contribution is 0.648. The fraction of sp³-hybridized carbons (Fsp3) is 0.571. The molecule has 5 heteroatoms. The summed E-state index contributed by atoms with van der Waals surface area (Å²) in [6.07, 6.45) is 8.69. The predicted octanol–water partition coefficient (Wildman–Crippen LogP) is 1.37. The van der Waals surface area contributed by atoms with Crippen molar-refractivity contribution in [2.75, 3.05) is 25.0 Å². The maximum atomic E-state index is 12.1. The second kappa shape index (κ2) is 7.09. The summed E-state index contributed by atoms with van der Waals surface area (Å²) in [6.45, 7) is 5.58. The van der Waals surface area contributed by atoms with Crippen LogP contribution in [-0.2, 0) is 6.54 Å². The Hall–Kier alpha value is -1.62. The smallest absolute Gasteiger partial charge is 0.293 e. The van der Waals surface area contributed by atoms with Gasteiger partial charge in [-0.1, -0.05) is 18.6 Å². The van der Waals surface area contributed by atoms with E-state index in [0.29, 0.717) is 5.82 Å². The lowest BCUT2D eigenvalue weighted by atomic mass is 10.1. The topological polar surface area (TPSA) is 59.0 Å². The Balaban J connectivity index is 1.90. The molecule has 1 aliphatic rings. The summed E-state index contributed by atoms with van der Waals surface area (Å²) in [6, 6.07) is 0. The molecular weight excluding hydrogens is 240 g/mol. The van der Waals surface area contributed by atoms with Crippen molar-refractivity contribution in [1.82, 2.24) is 14.9 Å². The van der Waals surface area contributed by atoms with Gasteiger partial charge in [0.25, 0.3) is 5.56 Å². The summed E-state index contributed by atoms with van der Waals surface area (Å²) in [7, 11) is 0. The van der Waals surface area contributed by atoms with E-state index < -0.39 is 0 Å². The van der Waals surface area contributed by atoms with Crippen LogP contribution in [0.1, 0.15) is 26.2 Å². The third-order valence-electron chi connectivity index (χ3n) is 3.27.